The zero-order chi connectivity index (χ0) is 12.8. The summed E-state index contributed by atoms with van der Waals surface area (Å²) in [5, 5.41) is 0. The fourth-order valence-corrected chi connectivity index (χ4v) is 1.46. The fourth-order valence-electron chi connectivity index (χ4n) is 1.46. The molecule has 1 aliphatic carbocycles. The molecule has 0 bridgehead atoms. The molecule has 0 heterocycles. The number of allylic oxidation sites excluding steroid dienone is 1. The van der Waals surface area contributed by atoms with Gasteiger partial charge in [-0.1, -0.05) is 12.2 Å². The van der Waals surface area contributed by atoms with E-state index in [1.165, 1.54) is 39.7 Å². The van der Waals surface area contributed by atoms with E-state index in [9.17, 15) is 9.59 Å². The van der Waals surface area contributed by atoms with Crippen LogP contribution in [-0.2, 0) is 23.8 Å². The Hall–Kier alpha value is -2.04. The van der Waals surface area contributed by atoms with Crippen molar-refractivity contribution in [3.05, 3.63) is 35.6 Å². The van der Waals surface area contributed by atoms with Crippen molar-refractivity contribution in [2.24, 2.45) is 5.92 Å². The molecule has 0 fully saturated rings. The fraction of sp³-hybridized carbons (Fsp3) is 0.333. The number of carbonyl (C=O) groups excluding carboxylic acids is 2. The first kappa shape index (κ1) is 13.0. The average Bonchev–Trinajstić information content (AvgIpc) is 2.37. The second-order valence-corrected chi connectivity index (χ2v) is 3.30. The van der Waals surface area contributed by atoms with Gasteiger partial charge in [-0.3, -0.25) is 4.79 Å². The number of ether oxygens (including phenoxy) is 3. The minimum Gasteiger partial charge on any atom is -0.504 e. The van der Waals surface area contributed by atoms with Crippen LogP contribution in [0.15, 0.2) is 35.6 Å². The maximum Gasteiger partial charge on any atom is 0.337 e. The molecule has 0 aliphatic heterocycles. The molecule has 5 heteroatoms. The van der Waals surface area contributed by atoms with E-state index in [1.807, 2.05) is 0 Å². The molecule has 5 nitrogen and oxygen atoms in total. The zero-order valence-electron chi connectivity index (χ0n) is 9.93. The van der Waals surface area contributed by atoms with Gasteiger partial charge in [0.2, 0.25) is 0 Å². The highest BCUT2D eigenvalue weighted by atomic mass is 16.5. The summed E-state index contributed by atoms with van der Waals surface area (Å²) >= 11 is 0. The van der Waals surface area contributed by atoms with Crippen molar-refractivity contribution in [1.29, 1.82) is 0 Å². The Morgan fingerprint density at radius 3 is 2.47 bits per heavy atom. The molecule has 17 heavy (non-hydrogen) atoms. The average molecular weight is 238 g/mol. The van der Waals surface area contributed by atoms with Crippen LogP contribution in [0.3, 0.4) is 0 Å². The van der Waals surface area contributed by atoms with Crippen LogP contribution in [0.5, 0.6) is 0 Å². The summed E-state index contributed by atoms with van der Waals surface area (Å²) in [6, 6.07) is 0. The summed E-state index contributed by atoms with van der Waals surface area (Å²) in [5.41, 5.74) is 0.901. The van der Waals surface area contributed by atoms with Gasteiger partial charge in [-0.15, -0.1) is 0 Å². The smallest absolute Gasteiger partial charge is 0.337 e. The van der Waals surface area contributed by atoms with Crippen molar-refractivity contribution in [3.8, 4) is 0 Å². The van der Waals surface area contributed by atoms with Crippen LogP contribution in [0.4, 0.5) is 0 Å². The van der Waals surface area contributed by atoms with Gasteiger partial charge in [0.25, 0.3) is 0 Å². The first-order valence-corrected chi connectivity index (χ1v) is 4.93. The largest absolute Gasteiger partial charge is 0.504 e. The highest BCUT2D eigenvalue weighted by Crippen LogP contribution is 2.24. The van der Waals surface area contributed by atoms with Gasteiger partial charge in [0.1, 0.15) is 5.92 Å². The molecule has 0 saturated carbocycles. The van der Waals surface area contributed by atoms with Gasteiger partial charge in [-0.2, -0.15) is 0 Å². The number of methoxy groups -OCH3 is 3. The van der Waals surface area contributed by atoms with Crippen LogP contribution in [0, 0.1) is 5.92 Å². The van der Waals surface area contributed by atoms with E-state index in [2.05, 4.69) is 9.47 Å². The molecule has 0 saturated heterocycles. The predicted octanol–water partition coefficient (Wildman–Crippen LogP) is 0.975. The molecule has 0 spiro atoms. The highest BCUT2D eigenvalue weighted by Gasteiger charge is 2.25. The van der Waals surface area contributed by atoms with Crippen LogP contribution < -0.4 is 0 Å². The van der Waals surface area contributed by atoms with Crippen molar-refractivity contribution in [2.45, 2.75) is 0 Å². The van der Waals surface area contributed by atoms with Crippen molar-refractivity contribution in [2.75, 3.05) is 21.3 Å². The Balaban J connectivity index is 3.02. The monoisotopic (exact) mass is 238 g/mol. The van der Waals surface area contributed by atoms with Crippen LogP contribution in [0.25, 0.3) is 0 Å². The van der Waals surface area contributed by atoms with Gasteiger partial charge in [-0.05, 0) is 6.08 Å². The van der Waals surface area contributed by atoms with Crippen molar-refractivity contribution in [3.63, 3.8) is 0 Å². The molecule has 0 radical (unpaired) electrons. The summed E-state index contributed by atoms with van der Waals surface area (Å²) < 4.78 is 14.1. The lowest BCUT2D eigenvalue weighted by Crippen LogP contribution is -2.19. The van der Waals surface area contributed by atoms with Crippen molar-refractivity contribution >= 4 is 11.9 Å². The maximum absolute atomic E-state index is 11.5. The molecule has 92 valence electrons. The van der Waals surface area contributed by atoms with Gasteiger partial charge < -0.3 is 14.2 Å². The van der Waals surface area contributed by atoms with Gasteiger partial charge in [0.05, 0.1) is 33.2 Å². The lowest BCUT2D eigenvalue weighted by molar-refractivity contribution is -0.142. The summed E-state index contributed by atoms with van der Waals surface area (Å²) in [6.07, 6.45) is 6.04. The van der Waals surface area contributed by atoms with Crippen molar-refractivity contribution in [1.82, 2.24) is 0 Å². The topological polar surface area (TPSA) is 61.8 Å². The molecule has 1 aliphatic rings. The van der Waals surface area contributed by atoms with Crippen LogP contribution >= 0.6 is 0 Å². The minimum absolute atomic E-state index is 0.357. The second kappa shape index (κ2) is 5.89. The molecule has 0 amide bonds. The third-order valence-electron chi connectivity index (χ3n) is 2.28. The first-order valence-electron chi connectivity index (χ1n) is 4.93. The molecule has 1 atom stereocenters. The summed E-state index contributed by atoms with van der Waals surface area (Å²) in [6.45, 7) is 0. The van der Waals surface area contributed by atoms with E-state index in [-0.39, 0.29) is 0 Å². The van der Waals surface area contributed by atoms with E-state index in [1.54, 1.807) is 6.08 Å². The number of hydrogen-bond acceptors (Lipinski definition) is 5. The Morgan fingerprint density at radius 2 is 1.94 bits per heavy atom. The van der Waals surface area contributed by atoms with E-state index < -0.39 is 17.9 Å². The summed E-state index contributed by atoms with van der Waals surface area (Å²) in [4.78, 5) is 22.8. The third-order valence-corrected chi connectivity index (χ3v) is 2.28. The Morgan fingerprint density at radius 1 is 1.24 bits per heavy atom. The third kappa shape index (κ3) is 2.96. The van der Waals surface area contributed by atoms with Crippen LogP contribution in [-0.4, -0.2) is 33.3 Å². The number of rotatable bonds is 3. The van der Waals surface area contributed by atoms with Crippen molar-refractivity contribution < 1.29 is 23.8 Å². The lowest BCUT2D eigenvalue weighted by atomic mass is 9.92. The van der Waals surface area contributed by atoms with Gasteiger partial charge in [0.15, 0.2) is 0 Å². The molecule has 0 aromatic rings. The van der Waals surface area contributed by atoms with E-state index in [0.29, 0.717) is 11.1 Å². The molecule has 1 rings (SSSR count). The molecular weight excluding hydrogens is 224 g/mol. The standard InChI is InChI=1S/C12H14O5/c1-15-7-9-6-8(11(13)16-2)4-5-10(9)12(14)17-3/h4-7,10H,1-3H3. The normalized spacial score (nSPS) is 20.8. The molecule has 0 aromatic carbocycles. The predicted molar refractivity (Wildman–Crippen MR) is 59.8 cm³/mol. The highest BCUT2D eigenvalue weighted by molar-refractivity contribution is 5.94. The maximum atomic E-state index is 11.5. The van der Waals surface area contributed by atoms with E-state index in [0.717, 1.165) is 0 Å². The number of esters is 2. The Bertz CT molecular complexity index is 403. The van der Waals surface area contributed by atoms with Crippen LogP contribution in [0.2, 0.25) is 0 Å². The molecular formula is C12H14O5. The molecule has 0 N–H and O–H groups in total. The summed E-state index contributed by atoms with van der Waals surface area (Å²) in [5.74, 6) is -1.44. The van der Waals surface area contributed by atoms with Gasteiger partial charge >= 0.3 is 11.9 Å². The summed E-state index contributed by atoms with van der Waals surface area (Å²) in [7, 11) is 4.06. The first-order chi connectivity index (χ1) is 8.13. The minimum atomic E-state index is -0.562. The Kier molecular flexibility index (Phi) is 4.51. The van der Waals surface area contributed by atoms with Crippen LogP contribution in [0.1, 0.15) is 0 Å². The van der Waals surface area contributed by atoms with E-state index in [4.69, 9.17) is 4.74 Å². The number of carbonyl (C=O) groups is 2. The van der Waals surface area contributed by atoms with E-state index >= 15 is 0 Å². The lowest BCUT2D eigenvalue weighted by Gasteiger charge is -2.16. The quantitative estimate of drug-likeness (QED) is 0.541. The zero-order valence-corrected chi connectivity index (χ0v) is 9.93. The van der Waals surface area contributed by atoms with Gasteiger partial charge in [0, 0.05) is 5.57 Å². The number of hydrogen-bond donors (Lipinski definition) is 0. The SMILES string of the molecule is COC=C1C=C(C(=O)OC)C=CC1C(=O)OC. The molecule has 1 unspecified atom stereocenters. The molecule has 0 aromatic heterocycles. The van der Waals surface area contributed by atoms with Gasteiger partial charge in [-0.25, -0.2) is 4.79 Å². The Labute approximate surface area is 99.3 Å². The second-order valence-electron chi connectivity index (χ2n) is 3.30.